The fraction of sp³-hybridized carbons (Fsp3) is 0.421. The molecule has 1 aliphatic rings. The first-order valence-electron chi connectivity index (χ1n) is 8.55. The second kappa shape index (κ2) is 7.83. The lowest BCUT2D eigenvalue weighted by atomic mass is 10.00. The first-order valence-corrected chi connectivity index (χ1v) is 8.92. The molecule has 1 saturated heterocycles. The number of ether oxygens (including phenoxy) is 1. The van der Waals surface area contributed by atoms with Gasteiger partial charge < -0.3 is 9.64 Å². The molecule has 1 fully saturated rings. The van der Waals surface area contributed by atoms with Crippen LogP contribution in [0.1, 0.15) is 43.0 Å². The molecule has 0 aliphatic carbocycles. The van der Waals surface area contributed by atoms with Gasteiger partial charge in [-0.3, -0.25) is 0 Å². The van der Waals surface area contributed by atoms with E-state index in [0.717, 1.165) is 53.7 Å². The van der Waals surface area contributed by atoms with E-state index in [9.17, 15) is 0 Å². The number of hydrogen-bond acceptors (Lipinski definition) is 5. The van der Waals surface area contributed by atoms with Gasteiger partial charge in [-0.05, 0) is 50.2 Å². The Labute approximate surface area is 153 Å². The minimum absolute atomic E-state index is 0.150. The van der Waals surface area contributed by atoms with Crippen LogP contribution in [-0.4, -0.2) is 30.3 Å². The lowest BCUT2D eigenvalue weighted by Crippen LogP contribution is -2.29. The molecular formula is C19H23ClN4O. The summed E-state index contributed by atoms with van der Waals surface area (Å²) in [5, 5.41) is 0.755. The number of aliphatic imine (C=N–C) groups is 1. The third kappa shape index (κ3) is 3.93. The first-order chi connectivity index (χ1) is 12.1. The van der Waals surface area contributed by atoms with Crippen molar-refractivity contribution >= 4 is 30.1 Å². The smallest absolute Gasteiger partial charge is 0.250 e. The van der Waals surface area contributed by atoms with Crippen molar-refractivity contribution in [2.24, 2.45) is 4.99 Å². The summed E-state index contributed by atoms with van der Waals surface area (Å²) >= 11 is 6.54. The first kappa shape index (κ1) is 17.7. The molecule has 25 heavy (non-hydrogen) atoms. The summed E-state index contributed by atoms with van der Waals surface area (Å²) < 4.78 is 5.40. The Balaban J connectivity index is 2.06. The molecule has 1 aliphatic heterocycles. The van der Waals surface area contributed by atoms with E-state index in [0.29, 0.717) is 5.95 Å². The van der Waals surface area contributed by atoms with Crippen LogP contribution in [0.5, 0.6) is 5.75 Å². The largest absolute Gasteiger partial charge is 0.497 e. The summed E-state index contributed by atoms with van der Waals surface area (Å²) in [5.41, 5.74) is 1.96. The van der Waals surface area contributed by atoms with Crippen LogP contribution in [-0.2, 0) is 0 Å². The van der Waals surface area contributed by atoms with Gasteiger partial charge in [0.25, 0.3) is 5.95 Å². The average molecular weight is 359 g/mol. The molecule has 0 saturated carbocycles. The number of hydrogen-bond donors (Lipinski definition) is 0. The number of methoxy groups -OCH3 is 1. The maximum atomic E-state index is 6.54. The fourth-order valence-corrected chi connectivity index (χ4v) is 3.61. The van der Waals surface area contributed by atoms with Crippen molar-refractivity contribution in [3.63, 3.8) is 0 Å². The molecule has 0 radical (unpaired) electrons. The molecule has 0 bridgehead atoms. The maximum Gasteiger partial charge on any atom is 0.250 e. The fourth-order valence-electron chi connectivity index (χ4n) is 3.36. The lowest BCUT2D eigenvalue weighted by Gasteiger charge is -2.32. The molecule has 5 nitrogen and oxygen atoms in total. The third-order valence-electron chi connectivity index (χ3n) is 4.58. The van der Waals surface area contributed by atoms with Crippen molar-refractivity contribution in [1.82, 2.24) is 9.97 Å². The predicted octanol–water partition coefficient (Wildman–Crippen LogP) is 4.90. The summed E-state index contributed by atoms with van der Waals surface area (Å²) in [6.07, 6.45) is 4.50. The highest BCUT2D eigenvalue weighted by atomic mass is 35.5. The van der Waals surface area contributed by atoms with Crippen molar-refractivity contribution in [2.75, 3.05) is 18.6 Å². The van der Waals surface area contributed by atoms with Gasteiger partial charge in [-0.15, -0.1) is 0 Å². The molecule has 6 heteroatoms. The Bertz CT molecular complexity index is 765. The number of aromatic nitrogens is 2. The Kier molecular flexibility index (Phi) is 5.53. The maximum absolute atomic E-state index is 6.54. The highest BCUT2D eigenvalue weighted by molar-refractivity contribution is 6.31. The number of halogens is 1. The molecule has 0 amide bonds. The van der Waals surface area contributed by atoms with E-state index in [2.05, 4.69) is 26.6 Å². The highest BCUT2D eigenvalue weighted by Gasteiger charge is 2.26. The summed E-state index contributed by atoms with van der Waals surface area (Å²) in [4.78, 5) is 15.1. The van der Waals surface area contributed by atoms with E-state index in [1.807, 2.05) is 31.2 Å². The Morgan fingerprint density at radius 1 is 1.24 bits per heavy atom. The second-order valence-electron chi connectivity index (χ2n) is 6.27. The number of nitrogens with zero attached hydrogens (tertiary/aromatic N) is 4. The Morgan fingerprint density at radius 2 is 2.08 bits per heavy atom. The highest BCUT2D eigenvalue weighted by Crippen LogP contribution is 2.38. The molecule has 1 aromatic heterocycles. The molecule has 0 N–H and O–H groups in total. The summed E-state index contributed by atoms with van der Waals surface area (Å²) in [7, 11) is 1.67. The second-order valence-corrected chi connectivity index (χ2v) is 6.68. The van der Waals surface area contributed by atoms with Crippen LogP contribution >= 0.6 is 11.6 Å². The van der Waals surface area contributed by atoms with Crippen LogP contribution in [0, 0.1) is 6.92 Å². The van der Waals surface area contributed by atoms with Gasteiger partial charge in [0.15, 0.2) is 0 Å². The summed E-state index contributed by atoms with van der Waals surface area (Å²) in [6.45, 7) is 6.43. The van der Waals surface area contributed by atoms with Crippen LogP contribution in [0.4, 0.5) is 11.8 Å². The molecule has 1 atom stereocenters. The molecule has 2 heterocycles. The van der Waals surface area contributed by atoms with Crippen molar-refractivity contribution in [1.29, 1.82) is 0 Å². The summed E-state index contributed by atoms with van der Waals surface area (Å²) in [5.74, 6) is 2.10. The lowest BCUT2D eigenvalue weighted by molar-refractivity contribution is 0.413. The zero-order valence-corrected chi connectivity index (χ0v) is 15.5. The molecule has 1 aromatic carbocycles. The predicted molar refractivity (Wildman–Crippen MR) is 103 cm³/mol. The Morgan fingerprint density at radius 3 is 2.84 bits per heavy atom. The zero-order chi connectivity index (χ0) is 17.8. The van der Waals surface area contributed by atoms with E-state index in [-0.39, 0.29) is 6.04 Å². The number of anilines is 1. The van der Waals surface area contributed by atoms with Crippen molar-refractivity contribution in [2.45, 2.75) is 38.6 Å². The SMILES string of the molecule is C=Nc1nc(C)cc(N2CCCCC[C@H]2c2cc(OC)ccc2Cl)n1. The van der Waals surface area contributed by atoms with Crippen molar-refractivity contribution in [3.05, 3.63) is 40.5 Å². The van der Waals surface area contributed by atoms with E-state index < -0.39 is 0 Å². The topological polar surface area (TPSA) is 50.6 Å². The van der Waals surface area contributed by atoms with Gasteiger partial charge in [0.1, 0.15) is 11.6 Å². The Hall–Kier alpha value is -2.14. The van der Waals surface area contributed by atoms with Crippen LogP contribution < -0.4 is 9.64 Å². The molecule has 2 aromatic rings. The van der Waals surface area contributed by atoms with Gasteiger partial charge in [-0.25, -0.2) is 9.98 Å². The van der Waals surface area contributed by atoms with E-state index in [1.165, 1.54) is 6.42 Å². The minimum Gasteiger partial charge on any atom is -0.497 e. The van der Waals surface area contributed by atoms with E-state index in [1.54, 1.807) is 7.11 Å². The zero-order valence-electron chi connectivity index (χ0n) is 14.7. The molecule has 0 unspecified atom stereocenters. The summed E-state index contributed by atoms with van der Waals surface area (Å²) in [6, 6.07) is 7.98. The number of rotatable bonds is 4. The van der Waals surface area contributed by atoms with Gasteiger partial charge in [0.2, 0.25) is 0 Å². The van der Waals surface area contributed by atoms with Crippen molar-refractivity contribution < 1.29 is 4.74 Å². The van der Waals surface area contributed by atoms with Crippen LogP contribution in [0.3, 0.4) is 0 Å². The monoisotopic (exact) mass is 358 g/mol. The number of aryl methyl sites for hydroxylation is 1. The van der Waals surface area contributed by atoms with Crippen LogP contribution in [0.2, 0.25) is 5.02 Å². The molecular weight excluding hydrogens is 336 g/mol. The molecule has 0 spiro atoms. The normalized spacial score (nSPS) is 17.9. The van der Waals surface area contributed by atoms with Gasteiger partial charge >= 0.3 is 0 Å². The van der Waals surface area contributed by atoms with Gasteiger partial charge in [0, 0.05) is 23.3 Å². The van der Waals surface area contributed by atoms with Gasteiger partial charge in [-0.1, -0.05) is 24.4 Å². The molecule has 3 rings (SSSR count). The van der Waals surface area contributed by atoms with Crippen LogP contribution in [0.25, 0.3) is 0 Å². The van der Waals surface area contributed by atoms with E-state index in [4.69, 9.17) is 16.3 Å². The van der Waals surface area contributed by atoms with E-state index >= 15 is 0 Å². The van der Waals surface area contributed by atoms with Crippen molar-refractivity contribution in [3.8, 4) is 5.75 Å². The standard InChI is InChI=1S/C19H23ClN4O/c1-13-11-18(23-19(21-2)22-13)24-10-6-4-5-7-17(24)15-12-14(25-3)8-9-16(15)20/h8-9,11-12,17H,2,4-7,10H2,1,3H3/t17-/m0/s1. The number of benzene rings is 1. The van der Waals surface area contributed by atoms with Gasteiger partial charge in [0.05, 0.1) is 13.2 Å². The average Bonchev–Trinajstić information content (AvgIpc) is 2.87. The third-order valence-corrected chi connectivity index (χ3v) is 4.92. The van der Waals surface area contributed by atoms with Crippen LogP contribution in [0.15, 0.2) is 29.3 Å². The minimum atomic E-state index is 0.150. The molecule has 132 valence electrons. The quantitative estimate of drug-likeness (QED) is 0.729. The van der Waals surface area contributed by atoms with Gasteiger partial charge in [-0.2, -0.15) is 4.98 Å².